The first-order valence-corrected chi connectivity index (χ1v) is 6.83. The van der Waals surface area contributed by atoms with Crippen molar-refractivity contribution < 1.29 is 14.4 Å². The van der Waals surface area contributed by atoms with Gasteiger partial charge in [-0.2, -0.15) is 4.98 Å². The predicted molar refractivity (Wildman–Crippen MR) is 72.2 cm³/mol. The first-order chi connectivity index (χ1) is 9.06. The van der Waals surface area contributed by atoms with Crippen molar-refractivity contribution in [2.45, 2.75) is 25.0 Å². The molecule has 0 aliphatic carbocycles. The highest BCUT2D eigenvalue weighted by Crippen LogP contribution is 2.23. The lowest BCUT2D eigenvalue weighted by molar-refractivity contribution is -0.133. The van der Waals surface area contributed by atoms with E-state index in [0.717, 1.165) is 17.3 Å². The molecule has 0 spiro atoms. The third kappa shape index (κ3) is 3.57. The zero-order valence-corrected chi connectivity index (χ0v) is 11.5. The van der Waals surface area contributed by atoms with Gasteiger partial charge in [-0.15, -0.1) is 0 Å². The van der Waals surface area contributed by atoms with Gasteiger partial charge >= 0.3 is 5.97 Å². The van der Waals surface area contributed by atoms with E-state index in [9.17, 15) is 4.79 Å². The normalized spacial score (nSPS) is 10.9. The lowest BCUT2D eigenvalue weighted by Crippen LogP contribution is -1.97. The van der Waals surface area contributed by atoms with Gasteiger partial charge in [-0.1, -0.05) is 55.0 Å². The molecular formula is C13H14N2O3S. The van der Waals surface area contributed by atoms with Crippen LogP contribution in [0.25, 0.3) is 11.4 Å². The highest BCUT2D eigenvalue weighted by Gasteiger charge is 2.11. The number of hydrogen-bond donors (Lipinski definition) is 1. The van der Waals surface area contributed by atoms with E-state index in [1.54, 1.807) is 0 Å². The van der Waals surface area contributed by atoms with E-state index in [1.165, 1.54) is 5.56 Å². The number of rotatable bonds is 5. The van der Waals surface area contributed by atoms with Gasteiger partial charge in [-0.05, 0) is 11.5 Å². The molecule has 5 nitrogen and oxygen atoms in total. The van der Waals surface area contributed by atoms with Gasteiger partial charge in [0.2, 0.25) is 5.82 Å². The minimum absolute atomic E-state index is 0.0894. The van der Waals surface area contributed by atoms with Gasteiger partial charge in [-0.25, -0.2) is 0 Å². The molecule has 1 heterocycles. The van der Waals surface area contributed by atoms with Crippen LogP contribution in [0, 0.1) is 0 Å². The topological polar surface area (TPSA) is 76.2 Å². The summed E-state index contributed by atoms with van der Waals surface area (Å²) >= 11 is 1.01. The average molecular weight is 278 g/mol. The van der Waals surface area contributed by atoms with Crippen LogP contribution in [0.1, 0.15) is 25.3 Å². The monoisotopic (exact) mass is 278 g/mol. The summed E-state index contributed by atoms with van der Waals surface area (Å²) in [7, 11) is 0. The molecule has 19 heavy (non-hydrogen) atoms. The van der Waals surface area contributed by atoms with Crippen LogP contribution in [0.5, 0.6) is 0 Å². The summed E-state index contributed by atoms with van der Waals surface area (Å²) in [6.07, 6.45) is 0. The summed E-state index contributed by atoms with van der Waals surface area (Å²) in [4.78, 5) is 14.6. The summed E-state index contributed by atoms with van der Waals surface area (Å²) < 4.78 is 4.99. The molecule has 1 aromatic carbocycles. The molecule has 0 saturated heterocycles. The van der Waals surface area contributed by atoms with Crippen molar-refractivity contribution >= 4 is 17.7 Å². The molecule has 0 bridgehead atoms. The van der Waals surface area contributed by atoms with Crippen molar-refractivity contribution in [2.75, 3.05) is 5.75 Å². The molecule has 1 aromatic heterocycles. The van der Waals surface area contributed by atoms with Crippen molar-refractivity contribution in [3.63, 3.8) is 0 Å². The van der Waals surface area contributed by atoms with Crippen molar-refractivity contribution in [1.29, 1.82) is 0 Å². The zero-order valence-electron chi connectivity index (χ0n) is 10.7. The molecule has 100 valence electrons. The van der Waals surface area contributed by atoms with Gasteiger partial charge in [0.25, 0.3) is 5.22 Å². The maximum atomic E-state index is 10.4. The van der Waals surface area contributed by atoms with Crippen LogP contribution in [0.4, 0.5) is 0 Å². The number of carbonyl (C=O) groups is 1. The van der Waals surface area contributed by atoms with Crippen LogP contribution in [-0.4, -0.2) is 27.0 Å². The van der Waals surface area contributed by atoms with Crippen LogP contribution < -0.4 is 0 Å². The molecule has 0 aliphatic rings. The average Bonchev–Trinajstić information content (AvgIpc) is 2.85. The number of aromatic nitrogens is 2. The van der Waals surface area contributed by atoms with E-state index in [1.807, 2.05) is 24.3 Å². The van der Waals surface area contributed by atoms with E-state index in [0.29, 0.717) is 11.7 Å². The number of benzene rings is 1. The SMILES string of the molecule is CC(C)c1ccc(-c2noc(SCC(=O)O)n2)cc1. The Labute approximate surface area is 115 Å². The summed E-state index contributed by atoms with van der Waals surface area (Å²) in [6, 6.07) is 7.93. The minimum Gasteiger partial charge on any atom is -0.481 e. The molecule has 0 aliphatic heterocycles. The maximum Gasteiger partial charge on any atom is 0.314 e. The largest absolute Gasteiger partial charge is 0.481 e. The number of carboxylic acid groups (broad SMARTS) is 1. The van der Waals surface area contributed by atoms with Gasteiger partial charge < -0.3 is 9.63 Å². The van der Waals surface area contributed by atoms with Crippen molar-refractivity contribution in [1.82, 2.24) is 10.1 Å². The molecule has 0 fully saturated rings. The summed E-state index contributed by atoms with van der Waals surface area (Å²) in [6.45, 7) is 4.26. The fourth-order valence-corrected chi connectivity index (χ4v) is 2.01. The van der Waals surface area contributed by atoms with Crippen LogP contribution in [0.3, 0.4) is 0 Å². The van der Waals surface area contributed by atoms with Crippen LogP contribution in [0.2, 0.25) is 0 Å². The predicted octanol–water partition coefficient (Wildman–Crippen LogP) is 3.04. The van der Waals surface area contributed by atoms with Gasteiger partial charge in [0.05, 0.1) is 0 Å². The highest BCUT2D eigenvalue weighted by molar-refractivity contribution is 7.99. The zero-order chi connectivity index (χ0) is 13.8. The van der Waals surface area contributed by atoms with Crippen LogP contribution in [-0.2, 0) is 4.79 Å². The number of aliphatic carboxylic acids is 1. The Morgan fingerprint density at radius 3 is 2.63 bits per heavy atom. The first kappa shape index (κ1) is 13.6. The Balaban J connectivity index is 2.11. The third-order valence-corrected chi connectivity index (χ3v) is 3.37. The molecule has 0 amide bonds. The summed E-state index contributed by atoms with van der Waals surface area (Å²) in [5, 5.41) is 12.7. The van der Waals surface area contributed by atoms with Gasteiger partial charge in [0, 0.05) is 5.56 Å². The summed E-state index contributed by atoms with van der Waals surface area (Å²) in [5.74, 6) is -0.0521. The molecule has 6 heteroatoms. The van der Waals surface area contributed by atoms with Crippen molar-refractivity contribution in [3.8, 4) is 11.4 Å². The van der Waals surface area contributed by atoms with E-state index in [4.69, 9.17) is 9.63 Å². The number of carboxylic acids is 1. The first-order valence-electron chi connectivity index (χ1n) is 5.85. The number of thioether (sulfide) groups is 1. The fourth-order valence-electron chi connectivity index (χ4n) is 1.53. The summed E-state index contributed by atoms with van der Waals surface area (Å²) in [5.41, 5.74) is 2.10. The molecule has 0 unspecified atom stereocenters. The maximum absolute atomic E-state index is 10.4. The Morgan fingerprint density at radius 2 is 2.05 bits per heavy atom. The lowest BCUT2D eigenvalue weighted by Gasteiger charge is -2.04. The van der Waals surface area contributed by atoms with E-state index < -0.39 is 5.97 Å². The Bertz CT molecular complexity index is 564. The smallest absolute Gasteiger partial charge is 0.314 e. The second kappa shape index (κ2) is 5.88. The quantitative estimate of drug-likeness (QED) is 0.847. The van der Waals surface area contributed by atoms with Crippen molar-refractivity contribution in [2.24, 2.45) is 0 Å². The molecule has 0 radical (unpaired) electrons. The standard InChI is InChI=1S/C13H14N2O3S/c1-8(2)9-3-5-10(6-4-9)12-14-13(18-15-12)19-7-11(16)17/h3-6,8H,7H2,1-2H3,(H,16,17). The van der Waals surface area contributed by atoms with E-state index >= 15 is 0 Å². The Hall–Kier alpha value is -1.82. The number of hydrogen-bond acceptors (Lipinski definition) is 5. The van der Waals surface area contributed by atoms with Crippen molar-refractivity contribution in [3.05, 3.63) is 29.8 Å². The van der Waals surface area contributed by atoms with Gasteiger partial charge in [0.15, 0.2) is 0 Å². The third-order valence-electron chi connectivity index (χ3n) is 2.56. The van der Waals surface area contributed by atoms with E-state index in [2.05, 4.69) is 24.0 Å². The van der Waals surface area contributed by atoms with Crippen LogP contribution >= 0.6 is 11.8 Å². The molecular weight excluding hydrogens is 264 g/mol. The fraction of sp³-hybridized carbons (Fsp3) is 0.308. The molecule has 2 rings (SSSR count). The van der Waals surface area contributed by atoms with Gasteiger partial charge in [0.1, 0.15) is 5.75 Å². The highest BCUT2D eigenvalue weighted by atomic mass is 32.2. The minimum atomic E-state index is -0.911. The Morgan fingerprint density at radius 1 is 1.37 bits per heavy atom. The Kier molecular flexibility index (Phi) is 4.21. The molecule has 0 atom stereocenters. The number of nitrogens with zero attached hydrogens (tertiary/aromatic N) is 2. The lowest BCUT2D eigenvalue weighted by atomic mass is 10.0. The second-order valence-corrected chi connectivity index (χ2v) is 5.27. The van der Waals surface area contributed by atoms with Gasteiger partial charge in [-0.3, -0.25) is 4.79 Å². The molecule has 2 aromatic rings. The van der Waals surface area contributed by atoms with Crippen LogP contribution in [0.15, 0.2) is 34.0 Å². The molecule has 0 saturated carbocycles. The molecule has 1 N–H and O–H groups in total. The second-order valence-electron chi connectivity index (χ2n) is 4.34. The van der Waals surface area contributed by atoms with E-state index in [-0.39, 0.29) is 11.0 Å².